The van der Waals surface area contributed by atoms with Crippen LogP contribution in [0.1, 0.15) is 19.4 Å². The van der Waals surface area contributed by atoms with Gasteiger partial charge < -0.3 is 5.73 Å². The van der Waals surface area contributed by atoms with Gasteiger partial charge in [-0.1, -0.05) is 0 Å². The second kappa shape index (κ2) is 6.20. The zero-order valence-corrected chi connectivity index (χ0v) is 10.9. The summed E-state index contributed by atoms with van der Waals surface area (Å²) < 4.78 is 0.886. The Morgan fingerprint density at radius 3 is 2.80 bits per heavy atom. The molecule has 0 fully saturated rings. The van der Waals surface area contributed by atoms with Crippen LogP contribution in [-0.4, -0.2) is 29.0 Å². The summed E-state index contributed by atoms with van der Waals surface area (Å²) in [5.41, 5.74) is 6.85. The minimum absolute atomic E-state index is 0.514. The molecular formula is C11H18BrN3. The van der Waals surface area contributed by atoms with Crippen molar-refractivity contribution in [1.29, 1.82) is 0 Å². The highest BCUT2D eigenvalue weighted by Gasteiger charge is 2.08. The average Bonchev–Trinajstić information content (AvgIpc) is 2.17. The molecule has 1 rings (SSSR count). The van der Waals surface area contributed by atoms with E-state index in [-0.39, 0.29) is 0 Å². The van der Waals surface area contributed by atoms with Gasteiger partial charge in [-0.15, -0.1) is 0 Å². The minimum Gasteiger partial charge on any atom is -0.329 e. The zero-order valence-electron chi connectivity index (χ0n) is 9.28. The van der Waals surface area contributed by atoms with Crippen molar-refractivity contribution in [1.82, 2.24) is 9.88 Å². The molecular weight excluding hydrogens is 254 g/mol. The summed E-state index contributed by atoms with van der Waals surface area (Å²) in [5, 5.41) is 0. The molecule has 0 atom stereocenters. The molecule has 1 aromatic heterocycles. The van der Waals surface area contributed by atoms with Crippen molar-refractivity contribution in [2.24, 2.45) is 5.73 Å². The smallest absolute Gasteiger partial charge is 0.106 e. The van der Waals surface area contributed by atoms with Gasteiger partial charge in [0, 0.05) is 31.9 Å². The molecule has 0 aliphatic rings. The van der Waals surface area contributed by atoms with Crippen LogP contribution in [0.4, 0.5) is 0 Å². The van der Waals surface area contributed by atoms with E-state index in [0.717, 1.165) is 17.7 Å². The van der Waals surface area contributed by atoms with Crippen LogP contribution in [0.2, 0.25) is 0 Å². The van der Waals surface area contributed by atoms with Gasteiger partial charge in [-0.25, -0.2) is 4.98 Å². The molecule has 2 N–H and O–H groups in total. The molecule has 0 radical (unpaired) electrons. The van der Waals surface area contributed by atoms with Crippen molar-refractivity contribution in [2.75, 3.05) is 13.1 Å². The third-order valence-electron chi connectivity index (χ3n) is 2.32. The van der Waals surface area contributed by atoms with Crippen molar-refractivity contribution in [3.63, 3.8) is 0 Å². The average molecular weight is 272 g/mol. The Kier molecular flexibility index (Phi) is 5.22. The molecule has 3 nitrogen and oxygen atoms in total. The third-order valence-corrected chi connectivity index (χ3v) is 2.76. The molecule has 0 aliphatic heterocycles. The summed E-state index contributed by atoms with van der Waals surface area (Å²) in [7, 11) is 0. The number of nitrogens with two attached hydrogens (primary N) is 1. The normalized spacial score (nSPS) is 11.3. The van der Waals surface area contributed by atoms with Gasteiger partial charge >= 0.3 is 0 Å². The molecule has 0 saturated carbocycles. The standard InChI is InChI=1S/C11H18BrN3/c1-9(2)15(6-4-13)8-10-3-5-14-11(12)7-10/h3,5,7,9H,4,6,8,13H2,1-2H3. The molecule has 1 heterocycles. The minimum atomic E-state index is 0.514. The van der Waals surface area contributed by atoms with Crippen LogP contribution in [0.15, 0.2) is 22.9 Å². The number of hydrogen-bond donors (Lipinski definition) is 1. The Morgan fingerprint density at radius 2 is 2.27 bits per heavy atom. The van der Waals surface area contributed by atoms with Crippen molar-refractivity contribution >= 4 is 15.9 Å². The number of nitrogens with zero attached hydrogens (tertiary/aromatic N) is 2. The van der Waals surface area contributed by atoms with Crippen molar-refractivity contribution in [3.8, 4) is 0 Å². The number of hydrogen-bond acceptors (Lipinski definition) is 3. The van der Waals surface area contributed by atoms with E-state index in [2.05, 4.69) is 39.7 Å². The third kappa shape index (κ3) is 4.28. The van der Waals surface area contributed by atoms with Crippen LogP contribution in [0.5, 0.6) is 0 Å². The van der Waals surface area contributed by atoms with Crippen LogP contribution >= 0.6 is 15.9 Å². The molecule has 0 bridgehead atoms. The van der Waals surface area contributed by atoms with Crippen molar-refractivity contribution in [2.45, 2.75) is 26.4 Å². The van der Waals surface area contributed by atoms with Gasteiger partial charge in [0.1, 0.15) is 4.60 Å². The van der Waals surface area contributed by atoms with E-state index in [1.807, 2.05) is 18.3 Å². The van der Waals surface area contributed by atoms with Gasteiger partial charge in [-0.05, 0) is 47.5 Å². The lowest BCUT2D eigenvalue weighted by atomic mass is 10.2. The number of aromatic nitrogens is 1. The predicted molar refractivity (Wildman–Crippen MR) is 66.5 cm³/mol. The van der Waals surface area contributed by atoms with Crippen molar-refractivity contribution in [3.05, 3.63) is 28.5 Å². The molecule has 0 unspecified atom stereocenters. The fourth-order valence-electron chi connectivity index (χ4n) is 1.46. The van der Waals surface area contributed by atoms with Crippen LogP contribution < -0.4 is 5.73 Å². The van der Waals surface area contributed by atoms with Crippen molar-refractivity contribution < 1.29 is 0 Å². The molecule has 15 heavy (non-hydrogen) atoms. The molecule has 0 aromatic carbocycles. The lowest BCUT2D eigenvalue weighted by molar-refractivity contribution is 0.219. The topological polar surface area (TPSA) is 42.1 Å². The lowest BCUT2D eigenvalue weighted by Gasteiger charge is -2.25. The molecule has 84 valence electrons. The van der Waals surface area contributed by atoms with Gasteiger partial charge in [0.05, 0.1) is 0 Å². The van der Waals surface area contributed by atoms with E-state index in [1.54, 1.807) is 0 Å². The Bertz CT molecular complexity index is 302. The Hall–Kier alpha value is -0.450. The molecule has 0 aliphatic carbocycles. The first kappa shape index (κ1) is 12.6. The second-order valence-electron chi connectivity index (χ2n) is 3.84. The molecule has 4 heteroatoms. The number of pyridine rings is 1. The molecule has 1 aromatic rings. The number of halogens is 1. The maximum absolute atomic E-state index is 5.59. The zero-order chi connectivity index (χ0) is 11.3. The largest absolute Gasteiger partial charge is 0.329 e. The summed E-state index contributed by atoms with van der Waals surface area (Å²) in [6, 6.07) is 4.60. The fraction of sp³-hybridized carbons (Fsp3) is 0.545. The highest BCUT2D eigenvalue weighted by Crippen LogP contribution is 2.11. The highest BCUT2D eigenvalue weighted by molar-refractivity contribution is 9.10. The van der Waals surface area contributed by atoms with E-state index >= 15 is 0 Å². The van der Waals surface area contributed by atoms with Crippen LogP contribution in [0.25, 0.3) is 0 Å². The van der Waals surface area contributed by atoms with E-state index in [9.17, 15) is 0 Å². The first-order chi connectivity index (χ1) is 7.13. The summed E-state index contributed by atoms with van der Waals surface area (Å²) >= 11 is 3.37. The predicted octanol–water partition coefficient (Wildman–Crippen LogP) is 2.01. The Balaban J connectivity index is 2.65. The quantitative estimate of drug-likeness (QED) is 0.834. The summed E-state index contributed by atoms with van der Waals surface area (Å²) in [6.07, 6.45) is 1.82. The summed E-state index contributed by atoms with van der Waals surface area (Å²) in [5.74, 6) is 0. The Labute approximate surface area is 99.8 Å². The van der Waals surface area contributed by atoms with Gasteiger partial charge in [0.2, 0.25) is 0 Å². The van der Waals surface area contributed by atoms with Crippen LogP contribution in [0.3, 0.4) is 0 Å². The Morgan fingerprint density at radius 1 is 1.53 bits per heavy atom. The first-order valence-corrected chi connectivity index (χ1v) is 5.97. The second-order valence-corrected chi connectivity index (χ2v) is 4.65. The summed E-state index contributed by atoms with van der Waals surface area (Å²) in [6.45, 7) is 6.93. The van der Waals surface area contributed by atoms with E-state index < -0.39 is 0 Å². The highest BCUT2D eigenvalue weighted by atomic mass is 79.9. The van der Waals surface area contributed by atoms with E-state index in [0.29, 0.717) is 12.6 Å². The van der Waals surface area contributed by atoms with E-state index in [1.165, 1.54) is 5.56 Å². The van der Waals surface area contributed by atoms with Gasteiger partial charge in [-0.3, -0.25) is 4.90 Å². The molecule has 0 spiro atoms. The first-order valence-electron chi connectivity index (χ1n) is 5.18. The van der Waals surface area contributed by atoms with Gasteiger partial charge in [-0.2, -0.15) is 0 Å². The monoisotopic (exact) mass is 271 g/mol. The molecule has 0 amide bonds. The maximum atomic E-state index is 5.59. The maximum Gasteiger partial charge on any atom is 0.106 e. The summed E-state index contributed by atoms with van der Waals surface area (Å²) in [4.78, 5) is 6.46. The molecule has 0 saturated heterocycles. The van der Waals surface area contributed by atoms with Crippen LogP contribution in [0, 0.1) is 0 Å². The lowest BCUT2D eigenvalue weighted by Crippen LogP contribution is -2.34. The number of rotatable bonds is 5. The van der Waals surface area contributed by atoms with E-state index in [4.69, 9.17) is 5.73 Å². The van der Waals surface area contributed by atoms with Gasteiger partial charge in [0.25, 0.3) is 0 Å². The fourth-order valence-corrected chi connectivity index (χ4v) is 1.87. The van der Waals surface area contributed by atoms with Gasteiger partial charge in [0.15, 0.2) is 0 Å². The SMILES string of the molecule is CC(C)N(CCN)Cc1ccnc(Br)c1. The van der Waals surface area contributed by atoms with Crippen LogP contribution in [-0.2, 0) is 6.54 Å².